The van der Waals surface area contributed by atoms with E-state index in [0.29, 0.717) is 0 Å². The van der Waals surface area contributed by atoms with E-state index in [1.54, 1.807) is 242 Å². The van der Waals surface area contributed by atoms with Crippen LogP contribution in [0.2, 0.25) is 0 Å². The second kappa shape index (κ2) is 89.8. The summed E-state index contributed by atoms with van der Waals surface area (Å²) >= 11 is 0. The first-order valence-electron chi connectivity index (χ1n) is 21.6. The number of rotatable bonds is 2. The van der Waals surface area contributed by atoms with Gasteiger partial charge in [-0.25, -0.2) is 0 Å². The van der Waals surface area contributed by atoms with Crippen LogP contribution < -0.4 is 0 Å². The molecule has 0 aliphatic rings. The zero-order chi connectivity index (χ0) is 56.3. The predicted molar refractivity (Wildman–Crippen MR) is 331 cm³/mol. The van der Waals surface area contributed by atoms with Gasteiger partial charge in [0.15, 0.2) is 0 Å². The molecule has 522 valence electrons. The Morgan fingerprint density at radius 1 is 0.222 bits per heavy atom. The Kier molecular flexibility index (Phi) is 220. The van der Waals surface area contributed by atoms with Gasteiger partial charge in [0.2, 0.25) is 0 Å². The molecule has 0 unspecified atom stereocenters. The quantitative estimate of drug-likeness (QED) is 0.116. The fourth-order valence-electron chi connectivity index (χ4n) is 0.609. The molecule has 0 aromatic heterocycles. The summed E-state index contributed by atoms with van der Waals surface area (Å²) in [6, 6.07) is 0. The van der Waals surface area contributed by atoms with Crippen molar-refractivity contribution < 1.29 is 239 Å². The molecule has 81 heavy (non-hydrogen) atoms. The molecule has 0 heterocycles. The zero-order valence-electron chi connectivity index (χ0n) is 60.2. The van der Waals surface area contributed by atoms with Crippen LogP contribution in [-0.4, -0.2) is 173 Å². The van der Waals surface area contributed by atoms with E-state index >= 15 is 0 Å². The molecule has 0 atom stereocenters. The van der Waals surface area contributed by atoms with Gasteiger partial charge in [-0.3, -0.25) is 4.79 Å². The maximum absolute atomic E-state index is 10.3. The number of carbonyl (C=O) groups is 1. The van der Waals surface area contributed by atoms with Crippen molar-refractivity contribution in [3.05, 3.63) is 37.1 Å². The number of carbonyl (C=O) groups excluding carboxylic acids is 1. The molecule has 0 amide bonds. The summed E-state index contributed by atoms with van der Waals surface area (Å²) in [6.07, 6.45) is 0.243. The van der Waals surface area contributed by atoms with Crippen molar-refractivity contribution >= 4 is 5.78 Å². The monoisotopic (exact) mass is 1690 g/mol. The van der Waals surface area contributed by atoms with E-state index in [1.165, 1.54) is 6.92 Å². The number of Topliss-reactive ketones (excluding diaryl/α,β-unsaturated/α-hetero) is 1. The van der Waals surface area contributed by atoms with Crippen LogP contribution in [0.25, 0.3) is 0 Å². The maximum atomic E-state index is 10.3. The van der Waals surface area contributed by atoms with Crippen LogP contribution >= 0.6 is 0 Å². The molecule has 0 aliphatic heterocycles. The van der Waals surface area contributed by atoms with Crippen LogP contribution in [0.15, 0.2) is 0 Å². The van der Waals surface area contributed by atoms with Gasteiger partial charge in [0.25, 0.3) is 0 Å². The molecule has 0 aliphatic carbocycles. The van der Waals surface area contributed by atoms with Crippen LogP contribution in [0, 0.1) is 37.1 Å². The molecule has 0 rings (SSSR count). The van der Waals surface area contributed by atoms with E-state index in [2.05, 4.69) is 0 Å². The Morgan fingerprint density at radius 3 is 0.259 bits per heavy atom. The zero-order valence-corrected chi connectivity index (χ0v) is 73.4. The Bertz CT molecular complexity index is 677. The minimum absolute atomic E-state index is 0. The van der Waals surface area contributed by atoms with Crippen molar-refractivity contribution in [1.82, 2.24) is 0 Å². The second-order valence-electron chi connectivity index (χ2n) is 26.6. The van der Waals surface area contributed by atoms with Crippen molar-refractivity contribution in [2.24, 2.45) is 0 Å². The van der Waals surface area contributed by atoms with Crippen molar-refractivity contribution in [1.29, 1.82) is 0 Å². The minimum Gasteiger partial charge on any atom is -0.412 e. The predicted octanol–water partition coefficient (Wildman–Crippen LogP) is 5.75. The summed E-state index contributed by atoms with van der Waals surface area (Å²) in [4.78, 5) is 10.3. The molecule has 0 aromatic carbocycles. The maximum Gasteiger partial charge on any atom is 2.00 e. The van der Waals surface area contributed by atoms with Gasteiger partial charge >= 0.3 is 44.8 Å². The molecule has 26 heteroatoms. The number of hydrogen-bond acceptors (Lipinski definition) is 13. The Morgan fingerprint density at radius 2 is 0.259 bits per heavy atom. The SMILES string of the molecule is CC(=O)CC(C)(C)O.CC(C)(C)O.CC(C)(C)O.CC(C)(C)O.CC(C)(C)O.CC(C)(C)O.CC(C)(C)O.CC(C)(C)O.CC(C)(C)O.CC(C)(C)O.CC(C)(C)O.CC(C)(C)O.O.O.O.O.O.O.O.[CH3-].[CH3-].[CH3-].[CH3-].[CH3-].[Nb+2].[Nb+2].[Nb].[Nb].[Nb].[Nb]. The summed E-state index contributed by atoms with van der Waals surface area (Å²) in [5.41, 5.74) is -6.33. The normalized spacial score (nSPS) is 9.28. The summed E-state index contributed by atoms with van der Waals surface area (Å²) in [6.45, 7) is 62.2. The fraction of sp³-hybridized carbons (Fsp3) is 0.891. The molecule has 26 N–H and O–H groups in total. The molecule has 0 aromatic rings. The molecular formula is C55H151Nb6O20-. The molecule has 20 nitrogen and oxygen atoms in total. The topological polar surface area (TPSA) is 480 Å². The summed E-state index contributed by atoms with van der Waals surface area (Å²) in [7, 11) is 0. The standard InChI is InChI=1S/C6H12O2.11C4H10O.5CH3.6Nb.7H2O/c1-5(7)4-6(2,3)8;11*1-4(2,3)5;;;;;;;;;;;;;;;;;;/h8H,4H2,1-3H3;11*5H,1-3H3;5*1H3;;;;;;;7*1H2/q;;;;;;;;;;;;5*-1;;;;;2*+2;;;;;;;. The van der Waals surface area contributed by atoms with Crippen molar-refractivity contribution in [3.8, 4) is 0 Å². The summed E-state index contributed by atoms with van der Waals surface area (Å²) < 4.78 is 0. The van der Waals surface area contributed by atoms with E-state index < -0.39 is 67.2 Å². The van der Waals surface area contributed by atoms with E-state index in [-0.39, 0.29) is 222 Å². The number of aliphatic hydroxyl groups is 12. The molecule has 0 fully saturated rings. The first-order valence-corrected chi connectivity index (χ1v) is 21.6. The molecule has 0 bridgehead atoms. The molecule has 0 spiro atoms. The Hall–Kier alpha value is 3.35. The van der Waals surface area contributed by atoms with Crippen LogP contribution in [0.5, 0.6) is 0 Å². The van der Waals surface area contributed by atoms with Crippen LogP contribution in [0.3, 0.4) is 0 Å². The van der Waals surface area contributed by atoms with Gasteiger partial charge in [0, 0.05) is 95.9 Å². The molecule has 0 saturated carbocycles. The van der Waals surface area contributed by atoms with Crippen LogP contribution in [0.4, 0.5) is 0 Å². The van der Waals surface area contributed by atoms with Crippen molar-refractivity contribution in [2.75, 3.05) is 0 Å². The third-order valence-electron chi connectivity index (χ3n) is 0.682. The van der Waals surface area contributed by atoms with E-state index in [4.69, 9.17) is 61.3 Å². The number of hydrogen-bond donors (Lipinski definition) is 12. The van der Waals surface area contributed by atoms with Gasteiger partial charge in [-0.15, -0.1) is 0 Å². The third kappa shape index (κ3) is 7910. The largest absolute Gasteiger partial charge is 2.00 e. The van der Waals surface area contributed by atoms with Crippen molar-refractivity contribution in [2.45, 2.75) is 323 Å². The van der Waals surface area contributed by atoms with Gasteiger partial charge in [0.05, 0.1) is 67.2 Å². The second-order valence-corrected chi connectivity index (χ2v) is 26.6. The average Bonchev–Trinajstić information content (AvgIpc) is 2.56. The number of ketones is 1. The Labute approximate surface area is 598 Å². The van der Waals surface area contributed by atoms with Gasteiger partial charge < -0.3 is 137 Å². The van der Waals surface area contributed by atoms with E-state index in [1.807, 2.05) is 0 Å². The summed E-state index contributed by atoms with van der Waals surface area (Å²) in [5, 5.41) is 103. The minimum atomic E-state index is -0.828. The molecule has 6 radical (unpaired) electrons. The van der Waals surface area contributed by atoms with Gasteiger partial charge in [-0.05, 0) is 249 Å². The fourth-order valence-corrected chi connectivity index (χ4v) is 0.609. The molecular weight excluding hydrogens is 1540 g/mol. The first-order chi connectivity index (χ1) is 25.4. The summed E-state index contributed by atoms with van der Waals surface area (Å²) in [5.74, 6) is 0.0255. The Balaban J connectivity index is -0.0000000123. The average molecular weight is 1690 g/mol. The third-order valence-corrected chi connectivity index (χ3v) is 0.682. The van der Waals surface area contributed by atoms with E-state index in [0.717, 1.165) is 0 Å². The van der Waals surface area contributed by atoms with E-state index in [9.17, 15) is 4.79 Å². The smallest absolute Gasteiger partial charge is 0.412 e. The molecule has 0 saturated heterocycles. The first kappa shape index (κ1) is 198. The van der Waals surface area contributed by atoms with Gasteiger partial charge in [-0.1, -0.05) is 0 Å². The van der Waals surface area contributed by atoms with Crippen LogP contribution in [-0.2, 0) is 139 Å². The van der Waals surface area contributed by atoms with Gasteiger partial charge in [0.1, 0.15) is 5.78 Å². The van der Waals surface area contributed by atoms with Crippen molar-refractivity contribution in [3.63, 3.8) is 0 Å². The van der Waals surface area contributed by atoms with Crippen LogP contribution in [0.1, 0.15) is 256 Å². The van der Waals surface area contributed by atoms with Gasteiger partial charge in [-0.2, -0.15) is 0 Å².